The smallest absolute Gasteiger partial charge is 0.136 e. The summed E-state index contributed by atoms with van der Waals surface area (Å²) in [7, 11) is 0. The first-order valence-electron chi connectivity index (χ1n) is 7.47. The number of hydrogen-bond donors (Lipinski definition) is 2. The Morgan fingerprint density at radius 3 is 2.71 bits per heavy atom. The standard InChI is InChI=1S/C16H25FN2OS/c1-11(19-21(20)16(2,3)4)14-8-9-15(18-14)12-6-5-7-13(17)10-12/h5-7,10-11,14-15,18-19H,8-9H2,1-4H3/t11-,14+,15-,21?/m0/s1. The number of hydrogen-bond acceptors (Lipinski definition) is 3. The van der Waals surface area contributed by atoms with E-state index in [1.807, 2.05) is 26.8 Å². The molecule has 0 aromatic heterocycles. The van der Waals surface area contributed by atoms with Crippen LogP contribution in [0.3, 0.4) is 0 Å². The van der Waals surface area contributed by atoms with Crippen molar-refractivity contribution < 1.29 is 8.94 Å². The van der Waals surface area contributed by atoms with E-state index < -0.39 is 11.4 Å². The predicted octanol–water partition coefficient (Wildman–Crippen LogP) is 3.06. The van der Waals surface area contributed by atoms with Crippen LogP contribution < -0.4 is 10.0 Å². The summed E-state index contributed by atoms with van der Waals surface area (Å²) >= 11 is -1.07. The van der Waals surface area contributed by atoms with Crippen molar-refractivity contribution in [3.8, 4) is 0 Å². The van der Waals surface area contributed by atoms with Gasteiger partial charge in [0.15, 0.2) is 0 Å². The van der Waals surface area contributed by atoms with Crippen LogP contribution in [0.5, 0.6) is 0 Å². The normalized spacial score (nSPS) is 25.8. The minimum atomic E-state index is -1.07. The van der Waals surface area contributed by atoms with Crippen molar-refractivity contribution >= 4 is 11.4 Å². The van der Waals surface area contributed by atoms with E-state index in [2.05, 4.69) is 17.0 Å². The van der Waals surface area contributed by atoms with Gasteiger partial charge in [0.25, 0.3) is 0 Å². The third-order valence-corrected chi connectivity index (χ3v) is 5.58. The fourth-order valence-corrected chi connectivity index (χ4v) is 3.44. The Balaban J connectivity index is 1.93. The van der Waals surface area contributed by atoms with Crippen molar-refractivity contribution in [1.82, 2.24) is 10.0 Å². The molecule has 1 aromatic carbocycles. The van der Waals surface area contributed by atoms with Gasteiger partial charge in [0.1, 0.15) is 10.6 Å². The maximum atomic E-state index is 13.3. The number of rotatable bonds is 4. The Hall–Kier alpha value is -0.620. The SMILES string of the molecule is C[C@H](N[S+]([O-])C(C)(C)C)[C@H]1CC[C@@H](c2cccc(F)c2)N1. The zero-order valence-corrected chi connectivity index (χ0v) is 14.0. The second-order valence-corrected chi connectivity index (χ2v) is 8.74. The second kappa shape index (κ2) is 6.65. The quantitative estimate of drug-likeness (QED) is 0.840. The molecule has 1 fully saturated rings. The van der Waals surface area contributed by atoms with Crippen LogP contribution in [0.25, 0.3) is 0 Å². The molecule has 118 valence electrons. The highest BCUT2D eigenvalue weighted by Gasteiger charge is 2.34. The minimum Gasteiger partial charge on any atom is -0.598 e. The molecule has 1 saturated heterocycles. The van der Waals surface area contributed by atoms with Gasteiger partial charge in [-0.05, 0) is 58.2 Å². The molecule has 4 atom stereocenters. The van der Waals surface area contributed by atoms with Crippen LogP contribution in [-0.4, -0.2) is 21.4 Å². The summed E-state index contributed by atoms with van der Waals surface area (Å²) in [6.45, 7) is 7.93. The number of nitrogens with one attached hydrogen (secondary N) is 2. The lowest BCUT2D eigenvalue weighted by Gasteiger charge is -2.29. The average molecular weight is 312 g/mol. The van der Waals surface area contributed by atoms with Crippen LogP contribution in [0.4, 0.5) is 4.39 Å². The van der Waals surface area contributed by atoms with Crippen LogP contribution >= 0.6 is 0 Å². The molecule has 5 heteroatoms. The van der Waals surface area contributed by atoms with Crippen LogP contribution in [0.2, 0.25) is 0 Å². The van der Waals surface area contributed by atoms with Crippen molar-refractivity contribution in [1.29, 1.82) is 0 Å². The van der Waals surface area contributed by atoms with Crippen molar-refractivity contribution in [2.75, 3.05) is 0 Å². The van der Waals surface area contributed by atoms with Crippen molar-refractivity contribution in [2.45, 2.75) is 63.4 Å². The third kappa shape index (κ3) is 4.42. The molecule has 0 saturated carbocycles. The van der Waals surface area contributed by atoms with Gasteiger partial charge < -0.3 is 9.87 Å². The lowest BCUT2D eigenvalue weighted by Crippen LogP contribution is -2.50. The lowest BCUT2D eigenvalue weighted by atomic mass is 10.0. The molecule has 2 rings (SSSR count). The molecule has 3 nitrogen and oxygen atoms in total. The highest BCUT2D eigenvalue weighted by Crippen LogP contribution is 2.28. The summed E-state index contributed by atoms with van der Waals surface area (Å²) in [5, 5.41) is 3.53. The molecule has 1 heterocycles. The van der Waals surface area contributed by atoms with Gasteiger partial charge in [-0.25, -0.2) is 4.39 Å². The maximum absolute atomic E-state index is 13.3. The molecular formula is C16H25FN2OS. The van der Waals surface area contributed by atoms with E-state index in [1.165, 1.54) is 6.07 Å². The highest BCUT2D eigenvalue weighted by molar-refractivity contribution is 7.90. The second-order valence-electron chi connectivity index (χ2n) is 6.75. The van der Waals surface area contributed by atoms with E-state index in [9.17, 15) is 8.94 Å². The highest BCUT2D eigenvalue weighted by atomic mass is 32.2. The van der Waals surface area contributed by atoms with E-state index in [0.29, 0.717) is 0 Å². The van der Waals surface area contributed by atoms with Gasteiger partial charge in [0.2, 0.25) is 0 Å². The Morgan fingerprint density at radius 2 is 2.10 bits per heavy atom. The monoisotopic (exact) mass is 312 g/mol. The molecule has 1 unspecified atom stereocenters. The van der Waals surface area contributed by atoms with E-state index in [1.54, 1.807) is 12.1 Å². The first-order valence-corrected chi connectivity index (χ1v) is 8.62. The lowest BCUT2D eigenvalue weighted by molar-refractivity contribution is 0.444. The molecule has 1 aliphatic rings. The molecule has 21 heavy (non-hydrogen) atoms. The molecule has 1 aliphatic heterocycles. The molecule has 0 radical (unpaired) electrons. The van der Waals surface area contributed by atoms with E-state index in [-0.39, 0.29) is 28.7 Å². The molecule has 0 amide bonds. The van der Waals surface area contributed by atoms with E-state index >= 15 is 0 Å². The summed E-state index contributed by atoms with van der Waals surface area (Å²) in [5.74, 6) is -0.197. The fourth-order valence-electron chi connectivity index (χ4n) is 2.58. The van der Waals surface area contributed by atoms with Gasteiger partial charge in [-0.2, -0.15) is 0 Å². The summed E-state index contributed by atoms with van der Waals surface area (Å²) in [4.78, 5) is 0. The third-order valence-electron chi connectivity index (χ3n) is 3.89. The van der Waals surface area contributed by atoms with E-state index in [4.69, 9.17) is 0 Å². The maximum Gasteiger partial charge on any atom is 0.136 e. The van der Waals surface area contributed by atoms with Gasteiger partial charge >= 0.3 is 0 Å². The van der Waals surface area contributed by atoms with Crippen LogP contribution in [0, 0.1) is 5.82 Å². The zero-order valence-electron chi connectivity index (χ0n) is 13.2. The van der Waals surface area contributed by atoms with Crippen molar-refractivity contribution in [3.63, 3.8) is 0 Å². The summed E-state index contributed by atoms with van der Waals surface area (Å²) in [5.41, 5.74) is 0.988. The van der Waals surface area contributed by atoms with Crippen LogP contribution in [-0.2, 0) is 11.4 Å². The molecule has 0 bridgehead atoms. The summed E-state index contributed by atoms with van der Waals surface area (Å²) in [6.07, 6.45) is 1.97. The predicted molar refractivity (Wildman–Crippen MR) is 85.8 cm³/mol. The molecular weight excluding hydrogens is 287 g/mol. The van der Waals surface area contributed by atoms with Crippen LogP contribution in [0.15, 0.2) is 24.3 Å². The molecule has 0 spiro atoms. The van der Waals surface area contributed by atoms with Crippen molar-refractivity contribution in [3.05, 3.63) is 35.6 Å². The molecule has 1 aromatic rings. The Kier molecular flexibility index (Phi) is 5.30. The van der Waals surface area contributed by atoms with Crippen molar-refractivity contribution in [2.24, 2.45) is 0 Å². The number of halogens is 1. The molecule has 2 N–H and O–H groups in total. The summed E-state index contributed by atoms with van der Waals surface area (Å²) in [6, 6.07) is 7.30. The van der Waals surface area contributed by atoms with Gasteiger partial charge in [0, 0.05) is 23.4 Å². The first kappa shape index (κ1) is 16.7. The van der Waals surface area contributed by atoms with Gasteiger partial charge in [-0.1, -0.05) is 12.1 Å². The molecule has 0 aliphatic carbocycles. The van der Waals surface area contributed by atoms with E-state index in [0.717, 1.165) is 18.4 Å². The minimum absolute atomic E-state index is 0.114. The Labute approximate surface area is 130 Å². The first-order chi connectivity index (χ1) is 9.77. The summed E-state index contributed by atoms with van der Waals surface area (Å²) < 4.78 is 28.4. The number of benzene rings is 1. The van der Waals surface area contributed by atoms with Gasteiger partial charge in [-0.15, -0.1) is 4.72 Å². The fraction of sp³-hybridized carbons (Fsp3) is 0.625. The Morgan fingerprint density at radius 1 is 1.38 bits per heavy atom. The topological polar surface area (TPSA) is 47.1 Å². The average Bonchev–Trinajstić information content (AvgIpc) is 2.87. The zero-order chi connectivity index (χ0) is 15.6. The Bertz CT molecular complexity index is 478. The van der Waals surface area contributed by atoms with Gasteiger partial charge in [-0.3, -0.25) is 0 Å². The van der Waals surface area contributed by atoms with Gasteiger partial charge in [0.05, 0.1) is 6.04 Å². The largest absolute Gasteiger partial charge is 0.598 e. The van der Waals surface area contributed by atoms with Crippen LogP contribution in [0.1, 0.15) is 52.1 Å².